The molecule has 0 radical (unpaired) electrons. The molecule has 0 fully saturated rings. The number of hydrogen-bond donors (Lipinski definition) is 1. The Labute approximate surface area is 116 Å². The molecule has 1 aromatic heterocycles. The molecule has 0 unspecified atom stereocenters. The number of benzene rings is 1. The smallest absolute Gasteiger partial charge is 0.208 e. The van der Waals surface area contributed by atoms with Crippen LogP contribution in [0.5, 0.6) is 17.2 Å². The summed E-state index contributed by atoms with van der Waals surface area (Å²) in [5.74, 6) is 1.93. The lowest BCUT2D eigenvalue weighted by molar-refractivity contribution is 0.325. The molecule has 0 saturated carbocycles. The lowest BCUT2D eigenvalue weighted by atomic mass is 10.1. The minimum Gasteiger partial charge on any atom is -0.493 e. The summed E-state index contributed by atoms with van der Waals surface area (Å²) in [6.45, 7) is 0. The van der Waals surface area contributed by atoms with Gasteiger partial charge in [0.05, 0.1) is 26.9 Å². The van der Waals surface area contributed by atoms with Crippen molar-refractivity contribution < 1.29 is 18.6 Å². The largest absolute Gasteiger partial charge is 0.493 e. The van der Waals surface area contributed by atoms with Crippen LogP contribution in [0.25, 0.3) is 11.3 Å². The van der Waals surface area contributed by atoms with Gasteiger partial charge in [-0.15, -0.1) is 0 Å². The van der Waals surface area contributed by atoms with Gasteiger partial charge in [0, 0.05) is 6.07 Å². The van der Waals surface area contributed by atoms with Crippen LogP contribution in [0, 0.1) is 11.3 Å². The lowest BCUT2D eigenvalue weighted by Gasteiger charge is -2.14. The van der Waals surface area contributed by atoms with Gasteiger partial charge in [0.1, 0.15) is 17.4 Å². The van der Waals surface area contributed by atoms with Crippen LogP contribution in [-0.2, 0) is 0 Å². The highest BCUT2D eigenvalue weighted by molar-refractivity contribution is 5.75. The van der Waals surface area contributed by atoms with Gasteiger partial charge in [-0.2, -0.15) is 5.26 Å². The molecule has 0 spiro atoms. The number of furan rings is 1. The molecule has 6 heteroatoms. The number of anilines is 1. The molecular weight excluding hydrogens is 260 g/mol. The Morgan fingerprint density at radius 1 is 1.10 bits per heavy atom. The van der Waals surface area contributed by atoms with E-state index in [0.29, 0.717) is 28.6 Å². The van der Waals surface area contributed by atoms with Crippen molar-refractivity contribution in [3.8, 4) is 34.6 Å². The first-order valence-corrected chi connectivity index (χ1v) is 5.75. The number of rotatable bonds is 4. The van der Waals surface area contributed by atoms with Crippen molar-refractivity contribution in [2.24, 2.45) is 0 Å². The third-order valence-electron chi connectivity index (χ3n) is 2.85. The summed E-state index contributed by atoms with van der Waals surface area (Å²) in [7, 11) is 4.56. The normalized spacial score (nSPS) is 9.90. The maximum Gasteiger partial charge on any atom is 0.208 e. The molecule has 2 N–H and O–H groups in total. The van der Waals surface area contributed by atoms with Gasteiger partial charge < -0.3 is 24.4 Å². The van der Waals surface area contributed by atoms with Crippen LogP contribution in [0.3, 0.4) is 0 Å². The van der Waals surface area contributed by atoms with E-state index >= 15 is 0 Å². The lowest BCUT2D eigenvalue weighted by Crippen LogP contribution is -1.96. The van der Waals surface area contributed by atoms with E-state index in [1.807, 2.05) is 6.07 Å². The number of nitriles is 1. The highest BCUT2D eigenvalue weighted by Crippen LogP contribution is 2.45. The van der Waals surface area contributed by atoms with E-state index in [1.165, 1.54) is 21.3 Å². The average molecular weight is 274 g/mol. The maximum atomic E-state index is 8.92. The Morgan fingerprint density at radius 2 is 1.80 bits per heavy atom. The number of methoxy groups -OCH3 is 3. The van der Waals surface area contributed by atoms with Crippen molar-refractivity contribution in [2.45, 2.75) is 0 Å². The van der Waals surface area contributed by atoms with Crippen LogP contribution in [0.4, 0.5) is 5.88 Å². The first kappa shape index (κ1) is 13.6. The Bertz CT molecular complexity index is 671. The van der Waals surface area contributed by atoms with Crippen LogP contribution < -0.4 is 19.9 Å². The van der Waals surface area contributed by atoms with Gasteiger partial charge in [0.2, 0.25) is 11.6 Å². The third kappa shape index (κ3) is 2.10. The molecule has 2 rings (SSSR count). The third-order valence-corrected chi connectivity index (χ3v) is 2.85. The van der Waals surface area contributed by atoms with Gasteiger partial charge in [-0.3, -0.25) is 0 Å². The maximum absolute atomic E-state index is 8.92. The molecule has 6 nitrogen and oxygen atoms in total. The van der Waals surface area contributed by atoms with Crippen molar-refractivity contribution in [3.05, 3.63) is 23.8 Å². The SMILES string of the molecule is COc1ccc(-c2cc(C#N)c(N)o2)c(OC)c1OC. The molecule has 2 aromatic rings. The molecule has 0 bridgehead atoms. The zero-order valence-corrected chi connectivity index (χ0v) is 11.4. The fourth-order valence-corrected chi connectivity index (χ4v) is 1.92. The second-order valence-corrected chi connectivity index (χ2v) is 3.88. The van der Waals surface area contributed by atoms with Crippen LogP contribution in [0.2, 0.25) is 0 Å². The number of nitrogens with two attached hydrogens (primary N) is 1. The zero-order chi connectivity index (χ0) is 14.7. The van der Waals surface area contributed by atoms with Gasteiger partial charge in [-0.05, 0) is 12.1 Å². The second-order valence-electron chi connectivity index (χ2n) is 3.88. The van der Waals surface area contributed by atoms with E-state index in [2.05, 4.69) is 0 Å². The van der Waals surface area contributed by atoms with Crippen molar-refractivity contribution in [2.75, 3.05) is 27.1 Å². The summed E-state index contributed by atoms with van der Waals surface area (Å²) in [5, 5.41) is 8.92. The highest BCUT2D eigenvalue weighted by Gasteiger charge is 2.20. The van der Waals surface area contributed by atoms with E-state index in [0.717, 1.165) is 0 Å². The van der Waals surface area contributed by atoms with Crippen LogP contribution in [0.1, 0.15) is 5.56 Å². The van der Waals surface area contributed by atoms with E-state index in [-0.39, 0.29) is 11.4 Å². The number of nitrogens with zero attached hydrogens (tertiary/aromatic N) is 1. The fraction of sp³-hybridized carbons (Fsp3) is 0.214. The van der Waals surface area contributed by atoms with Crippen molar-refractivity contribution in [1.82, 2.24) is 0 Å². The molecule has 104 valence electrons. The molecule has 0 saturated heterocycles. The summed E-state index contributed by atoms with van der Waals surface area (Å²) in [6, 6.07) is 6.99. The van der Waals surface area contributed by atoms with Gasteiger partial charge >= 0.3 is 0 Å². The predicted octanol–water partition coefficient (Wildman–Crippen LogP) is 2.43. The predicted molar refractivity (Wildman–Crippen MR) is 72.9 cm³/mol. The molecule has 0 aliphatic carbocycles. The summed E-state index contributed by atoms with van der Waals surface area (Å²) in [6.07, 6.45) is 0. The first-order chi connectivity index (χ1) is 9.65. The van der Waals surface area contributed by atoms with Gasteiger partial charge in [-0.1, -0.05) is 0 Å². The summed E-state index contributed by atoms with van der Waals surface area (Å²) in [4.78, 5) is 0. The first-order valence-electron chi connectivity index (χ1n) is 5.75. The molecule has 1 heterocycles. The molecular formula is C14H14N2O4. The number of hydrogen-bond acceptors (Lipinski definition) is 6. The fourth-order valence-electron chi connectivity index (χ4n) is 1.92. The number of nitrogen functional groups attached to an aromatic ring is 1. The van der Waals surface area contributed by atoms with Gasteiger partial charge in [-0.25, -0.2) is 0 Å². The number of ether oxygens (including phenoxy) is 3. The molecule has 0 amide bonds. The second kappa shape index (κ2) is 5.45. The van der Waals surface area contributed by atoms with E-state index in [1.54, 1.807) is 18.2 Å². The molecule has 20 heavy (non-hydrogen) atoms. The molecule has 0 aliphatic rings. The summed E-state index contributed by atoms with van der Waals surface area (Å²) < 4.78 is 21.2. The van der Waals surface area contributed by atoms with Crippen molar-refractivity contribution in [1.29, 1.82) is 5.26 Å². The summed E-state index contributed by atoms with van der Waals surface area (Å²) in [5.41, 5.74) is 6.52. The minimum atomic E-state index is 0.0688. The standard InChI is InChI=1S/C14H14N2O4/c1-17-10-5-4-9(12(18-2)13(10)19-3)11-6-8(7-15)14(16)20-11/h4-6H,16H2,1-3H3. The van der Waals surface area contributed by atoms with E-state index < -0.39 is 0 Å². The van der Waals surface area contributed by atoms with Gasteiger partial charge in [0.15, 0.2) is 11.5 Å². The molecule has 0 aliphatic heterocycles. The van der Waals surface area contributed by atoms with Crippen molar-refractivity contribution in [3.63, 3.8) is 0 Å². The Morgan fingerprint density at radius 3 is 2.30 bits per heavy atom. The molecule has 1 aromatic carbocycles. The van der Waals surface area contributed by atoms with Gasteiger partial charge in [0.25, 0.3) is 0 Å². The topological polar surface area (TPSA) is 90.6 Å². The molecule has 0 atom stereocenters. The highest BCUT2D eigenvalue weighted by atomic mass is 16.5. The zero-order valence-electron chi connectivity index (χ0n) is 11.4. The quantitative estimate of drug-likeness (QED) is 0.920. The minimum absolute atomic E-state index is 0.0688. The van der Waals surface area contributed by atoms with E-state index in [9.17, 15) is 0 Å². The Hall–Kier alpha value is -2.81. The van der Waals surface area contributed by atoms with Crippen molar-refractivity contribution >= 4 is 5.88 Å². The van der Waals surface area contributed by atoms with Crippen LogP contribution >= 0.6 is 0 Å². The average Bonchev–Trinajstić information content (AvgIpc) is 2.86. The summed E-state index contributed by atoms with van der Waals surface area (Å²) >= 11 is 0. The van der Waals surface area contributed by atoms with E-state index in [4.69, 9.17) is 29.6 Å². The van der Waals surface area contributed by atoms with Crippen LogP contribution in [0.15, 0.2) is 22.6 Å². The Balaban J connectivity index is 2.65. The van der Waals surface area contributed by atoms with Crippen LogP contribution in [-0.4, -0.2) is 21.3 Å². The Kier molecular flexibility index (Phi) is 3.71. The monoisotopic (exact) mass is 274 g/mol.